The molecule has 25 heteroatoms. The van der Waals surface area contributed by atoms with Gasteiger partial charge in [0.15, 0.2) is 0 Å². The Morgan fingerprint density at radius 1 is 0.535 bits per heavy atom. The average molecular weight is 999 g/mol. The summed E-state index contributed by atoms with van der Waals surface area (Å²) in [6.45, 7) is 11.7. The van der Waals surface area contributed by atoms with Gasteiger partial charge in [0.05, 0.1) is 57.2 Å². The largest absolute Gasteiger partial charge is 0.480 e. The maximum absolute atomic E-state index is 14.1. The maximum Gasteiger partial charge on any atom is 0.336 e. The van der Waals surface area contributed by atoms with E-state index in [1.54, 1.807) is 30.3 Å². The first kappa shape index (κ1) is 56.0. The lowest BCUT2D eigenvalue weighted by Crippen LogP contribution is -2.49. The lowest BCUT2D eigenvalue weighted by atomic mass is 10.1. The van der Waals surface area contributed by atoms with Gasteiger partial charge in [0.25, 0.3) is 0 Å². The minimum atomic E-state index is -1.03. The predicted molar refractivity (Wildman–Crippen MR) is 259 cm³/mol. The summed E-state index contributed by atoms with van der Waals surface area (Å²) in [5.41, 5.74) is 2.70. The van der Waals surface area contributed by atoms with Crippen LogP contribution in [0.25, 0.3) is 11.0 Å². The third-order valence-corrected chi connectivity index (χ3v) is 12.8. The number of carbonyl (C=O) groups is 6. The van der Waals surface area contributed by atoms with Crippen molar-refractivity contribution >= 4 is 52.4 Å². The fourth-order valence-electron chi connectivity index (χ4n) is 8.95. The van der Waals surface area contributed by atoms with E-state index in [0.717, 1.165) is 16.5 Å². The molecule has 0 saturated carbocycles. The molecule has 2 aliphatic rings. The Morgan fingerprint density at radius 2 is 0.930 bits per heavy atom. The number of nitrogens with zero attached hydrogens (tertiary/aromatic N) is 12. The summed E-state index contributed by atoms with van der Waals surface area (Å²) in [5.74, 6) is -5.26. The van der Waals surface area contributed by atoms with Crippen LogP contribution in [0.2, 0.25) is 0 Å². The Hall–Kier alpha value is -5.93. The Bertz CT molecular complexity index is 2280. The van der Waals surface area contributed by atoms with Crippen molar-refractivity contribution < 1.29 is 58.7 Å². The molecule has 2 fully saturated rings. The van der Waals surface area contributed by atoms with E-state index in [4.69, 9.17) is 4.42 Å². The van der Waals surface area contributed by atoms with Gasteiger partial charge < -0.3 is 34.8 Å². The maximum atomic E-state index is 14.1. The molecule has 3 aromatic rings. The summed E-state index contributed by atoms with van der Waals surface area (Å²) in [6, 6.07) is 5.02. The fraction of sp³-hybridized carbons (Fsp3) is 0.630. The second-order valence-electron chi connectivity index (χ2n) is 18.2. The van der Waals surface area contributed by atoms with Crippen LogP contribution in [0.1, 0.15) is 23.7 Å². The molecular weight excluding hydrogens is 929 g/mol. The second kappa shape index (κ2) is 27.6. The van der Waals surface area contributed by atoms with Crippen molar-refractivity contribution in [3.8, 4) is 0 Å². The molecule has 0 radical (unpaired) electrons. The Balaban J connectivity index is 1.25. The van der Waals surface area contributed by atoms with E-state index in [0.29, 0.717) is 148 Å². The molecule has 0 spiro atoms. The molecule has 0 bridgehead atoms. The van der Waals surface area contributed by atoms with Crippen molar-refractivity contribution in [3.63, 3.8) is 0 Å². The van der Waals surface area contributed by atoms with Crippen LogP contribution in [0.4, 0.5) is 5.69 Å². The highest BCUT2D eigenvalue weighted by molar-refractivity contribution is 5.98. The highest BCUT2D eigenvalue weighted by Crippen LogP contribution is 2.28. The molecule has 1 amide bonds. The number of fused-ring (bicyclic) bond motifs is 1. The fourth-order valence-corrected chi connectivity index (χ4v) is 8.95. The summed E-state index contributed by atoms with van der Waals surface area (Å²) in [6.07, 6.45) is 1.81. The van der Waals surface area contributed by atoms with Crippen LogP contribution < -0.4 is 10.5 Å². The lowest BCUT2D eigenvalue weighted by Gasteiger charge is -2.34. The molecule has 1 aromatic carbocycles. The van der Waals surface area contributed by atoms with Crippen molar-refractivity contribution in [2.24, 2.45) is 0 Å². The molecule has 5 N–H and O–H groups in total. The molecule has 392 valence electrons. The van der Waals surface area contributed by atoms with E-state index in [1.165, 1.54) is 6.07 Å². The Morgan fingerprint density at radius 3 is 1.34 bits per heavy atom. The number of aliphatic carboxylic acids is 5. The standard InChI is InChI=1S/C46H70N12O13/c1-4-58(38-25-39-37(23-35(38)3)34(2)24-46(70)71-39)40(59)28-51-11-15-54(31-43(64)65)13-9-50(10-14-55(16-12-51)32-44(66)67)26-36-27-57(48-47-36)22-21-49-5-7-52(29-41(60)61)17-19-56(33-45(68)69)20-18-53(8-6-49)30-42(62)63/h23-25,27H,4-22,26,28-33H2,1-3H3,(H,60,61)(H,62,63)(H,64,65)(H,66,67)(H,68,69). The van der Waals surface area contributed by atoms with Crippen LogP contribution in [0, 0.1) is 13.8 Å². The van der Waals surface area contributed by atoms with Gasteiger partial charge in [-0.1, -0.05) is 5.21 Å². The Kier molecular flexibility index (Phi) is 21.8. The van der Waals surface area contributed by atoms with Gasteiger partial charge in [-0.25, -0.2) is 4.79 Å². The summed E-state index contributed by atoms with van der Waals surface area (Å²) in [4.78, 5) is 102. The quantitative estimate of drug-likeness (QED) is 0.0847. The monoisotopic (exact) mass is 999 g/mol. The van der Waals surface area contributed by atoms with Crippen LogP contribution in [0.15, 0.2) is 33.6 Å². The number of carboxylic acids is 5. The topological polar surface area (TPSA) is 294 Å². The van der Waals surface area contributed by atoms with Gasteiger partial charge in [0.1, 0.15) is 5.58 Å². The van der Waals surface area contributed by atoms with Crippen LogP contribution in [-0.4, -0.2) is 273 Å². The predicted octanol–water partition coefficient (Wildman–Crippen LogP) is -1.58. The molecule has 71 heavy (non-hydrogen) atoms. The SMILES string of the molecule is CCN(C(=O)CN1CCN(CC(=O)O)CCN(Cc2cn(CCN3CCN(CC(=O)O)CCN(CC(=O)O)CCN(CC(=O)O)CC3)nn2)CCN(CC(=O)O)CC1)c1cc2oc(=O)cc(C)c2cc1C. The number of rotatable bonds is 19. The number of carbonyl (C=O) groups excluding carboxylic acids is 1. The van der Waals surface area contributed by atoms with Crippen molar-refractivity contribution in [2.45, 2.75) is 33.9 Å². The van der Waals surface area contributed by atoms with Gasteiger partial charge in [-0.3, -0.25) is 72.6 Å². The Labute approximate surface area is 411 Å². The summed E-state index contributed by atoms with van der Waals surface area (Å²) in [7, 11) is 0. The van der Waals surface area contributed by atoms with Crippen LogP contribution in [0.5, 0.6) is 0 Å². The zero-order chi connectivity index (χ0) is 51.6. The minimum Gasteiger partial charge on any atom is -0.480 e. The first-order valence-electron chi connectivity index (χ1n) is 24.0. The summed E-state index contributed by atoms with van der Waals surface area (Å²) >= 11 is 0. The number of hydrogen-bond donors (Lipinski definition) is 5. The second-order valence-corrected chi connectivity index (χ2v) is 18.2. The number of amides is 1. The number of carboxylic acid groups (broad SMARTS) is 5. The van der Waals surface area contributed by atoms with Crippen LogP contribution in [0.3, 0.4) is 0 Å². The number of benzene rings is 1. The van der Waals surface area contributed by atoms with Gasteiger partial charge in [-0.2, -0.15) is 0 Å². The molecule has 0 atom stereocenters. The summed E-state index contributed by atoms with van der Waals surface area (Å²) in [5, 5.41) is 58.0. The number of aryl methyl sites for hydroxylation is 2. The summed E-state index contributed by atoms with van der Waals surface area (Å²) < 4.78 is 7.18. The first-order chi connectivity index (χ1) is 33.8. The molecule has 0 aliphatic carbocycles. The van der Waals surface area contributed by atoms with E-state index < -0.39 is 35.5 Å². The van der Waals surface area contributed by atoms with Crippen molar-refractivity contribution in [1.29, 1.82) is 0 Å². The van der Waals surface area contributed by atoms with Gasteiger partial charge >= 0.3 is 35.5 Å². The number of hydrogen-bond acceptors (Lipinski definition) is 18. The molecule has 2 saturated heterocycles. The number of aromatic nitrogens is 3. The van der Waals surface area contributed by atoms with E-state index >= 15 is 0 Å². The molecular formula is C46H70N12O13. The van der Waals surface area contributed by atoms with E-state index in [-0.39, 0.29) is 45.2 Å². The average Bonchev–Trinajstić information content (AvgIpc) is 3.73. The third kappa shape index (κ3) is 19.0. The zero-order valence-electron chi connectivity index (χ0n) is 41.1. The molecule has 2 aliphatic heterocycles. The molecule has 5 rings (SSSR count). The molecule has 4 heterocycles. The van der Waals surface area contributed by atoms with E-state index in [9.17, 15) is 59.1 Å². The van der Waals surface area contributed by atoms with Crippen LogP contribution in [-0.2, 0) is 41.9 Å². The first-order valence-corrected chi connectivity index (χ1v) is 24.0. The van der Waals surface area contributed by atoms with Gasteiger partial charge in [-0.15, -0.1) is 5.10 Å². The highest BCUT2D eigenvalue weighted by Gasteiger charge is 2.25. The van der Waals surface area contributed by atoms with Crippen molar-refractivity contribution in [1.82, 2.24) is 54.2 Å². The van der Waals surface area contributed by atoms with Crippen molar-refractivity contribution in [2.75, 3.05) is 162 Å². The third-order valence-electron chi connectivity index (χ3n) is 12.8. The van der Waals surface area contributed by atoms with Gasteiger partial charge in [0, 0.05) is 148 Å². The molecule has 0 unspecified atom stereocenters. The highest BCUT2D eigenvalue weighted by atomic mass is 16.4. The van der Waals surface area contributed by atoms with Gasteiger partial charge in [0.2, 0.25) is 5.91 Å². The van der Waals surface area contributed by atoms with E-state index in [1.807, 2.05) is 47.7 Å². The zero-order valence-corrected chi connectivity index (χ0v) is 41.1. The van der Waals surface area contributed by atoms with Gasteiger partial charge in [-0.05, 0) is 38.0 Å². The van der Waals surface area contributed by atoms with Crippen LogP contribution >= 0.6 is 0 Å². The lowest BCUT2D eigenvalue weighted by molar-refractivity contribution is -0.140. The molecule has 2 aromatic heterocycles. The normalized spacial score (nSPS) is 18.2. The molecule has 25 nitrogen and oxygen atoms in total. The van der Waals surface area contributed by atoms with Crippen molar-refractivity contribution in [3.05, 3.63) is 51.6 Å². The minimum absolute atomic E-state index is 0.0220. The van der Waals surface area contributed by atoms with E-state index in [2.05, 4.69) is 20.1 Å². The number of likely N-dealkylation sites (N-methyl/N-ethyl adjacent to an activating group) is 1. The number of anilines is 1. The smallest absolute Gasteiger partial charge is 0.336 e.